The number of rotatable bonds is 8. The van der Waals surface area contributed by atoms with E-state index in [1.807, 2.05) is 78.9 Å². The van der Waals surface area contributed by atoms with Crippen LogP contribution in [0, 0.1) is 0 Å². The number of hydrogen-bond donors (Lipinski definition) is 2. The summed E-state index contributed by atoms with van der Waals surface area (Å²) in [7, 11) is 0. The van der Waals surface area contributed by atoms with Gasteiger partial charge in [0.05, 0.1) is 4.88 Å². The van der Waals surface area contributed by atoms with Crippen molar-refractivity contribution in [1.82, 2.24) is 4.98 Å². The molecule has 1 heterocycles. The molecule has 0 amide bonds. The zero-order valence-corrected chi connectivity index (χ0v) is 17.0. The molecule has 0 aliphatic carbocycles. The Bertz CT molecular complexity index is 1150. The second-order valence-corrected chi connectivity index (χ2v) is 7.86. The van der Waals surface area contributed by atoms with E-state index in [2.05, 4.69) is 4.98 Å². The number of H-pyrrole nitrogens is 1. The molecule has 1 aromatic heterocycles. The standard InChI is InChI=1S/C24H21NO4S/c26-23-22(30-24(27)25-23)14-19-11-12-20(28-15-17-7-3-1-4-8-17)21(13-19)29-16-18-9-5-2-6-10-18/h1-13,26H,14-16H2,(H,25,27). The number of aromatic hydroxyl groups is 1. The first-order valence-electron chi connectivity index (χ1n) is 9.55. The Morgan fingerprint density at radius 3 is 1.93 bits per heavy atom. The summed E-state index contributed by atoms with van der Waals surface area (Å²) in [4.78, 5) is 14.2. The van der Waals surface area contributed by atoms with E-state index in [0.29, 0.717) is 36.0 Å². The topological polar surface area (TPSA) is 71.6 Å². The van der Waals surface area contributed by atoms with Crippen molar-refractivity contribution in [1.29, 1.82) is 0 Å². The van der Waals surface area contributed by atoms with Gasteiger partial charge in [0.1, 0.15) is 13.2 Å². The van der Waals surface area contributed by atoms with Gasteiger partial charge in [0.2, 0.25) is 5.88 Å². The minimum Gasteiger partial charge on any atom is -0.494 e. The molecule has 0 fully saturated rings. The molecule has 4 rings (SSSR count). The van der Waals surface area contributed by atoms with Gasteiger partial charge in [-0.25, -0.2) is 0 Å². The molecule has 0 spiro atoms. The molecule has 0 aliphatic heterocycles. The zero-order chi connectivity index (χ0) is 20.8. The Labute approximate surface area is 178 Å². The molecule has 5 nitrogen and oxygen atoms in total. The van der Waals surface area contributed by atoms with Crippen LogP contribution in [-0.4, -0.2) is 10.1 Å². The second-order valence-electron chi connectivity index (χ2n) is 6.79. The third kappa shape index (κ3) is 5.10. The lowest BCUT2D eigenvalue weighted by molar-refractivity contribution is 0.255. The SMILES string of the molecule is O=c1[nH]c(O)c(Cc2ccc(OCc3ccccc3)c(OCc3ccccc3)c2)s1. The quantitative estimate of drug-likeness (QED) is 0.427. The normalized spacial score (nSPS) is 10.7. The highest BCUT2D eigenvalue weighted by Gasteiger charge is 2.12. The highest BCUT2D eigenvalue weighted by atomic mass is 32.1. The summed E-state index contributed by atoms with van der Waals surface area (Å²) in [5, 5.41) is 9.88. The van der Waals surface area contributed by atoms with Crippen molar-refractivity contribution in [2.75, 3.05) is 0 Å². The third-order valence-electron chi connectivity index (χ3n) is 4.55. The van der Waals surface area contributed by atoms with Crippen LogP contribution in [0.3, 0.4) is 0 Å². The van der Waals surface area contributed by atoms with Crippen LogP contribution in [-0.2, 0) is 19.6 Å². The lowest BCUT2D eigenvalue weighted by atomic mass is 10.1. The monoisotopic (exact) mass is 419 g/mol. The predicted octanol–water partition coefficient (Wildman–Crippen LogP) is 4.89. The first kappa shape index (κ1) is 19.8. The largest absolute Gasteiger partial charge is 0.494 e. The van der Waals surface area contributed by atoms with Crippen molar-refractivity contribution < 1.29 is 14.6 Å². The number of nitrogens with one attached hydrogen (secondary N) is 1. The van der Waals surface area contributed by atoms with Crippen LogP contribution in [0.4, 0.5) is 0 Å². The molecule has 0 bridgehead atoms. The van der Waals surface area contributed by atoms with Crippen LogP contribution in [0.5, 0.6) is 17.4 Å². The third-order valence-corrected chi connectivity index (χ3v) is 5.42. The van der Waals surface area contributed by atoms with E-state index < -0.39 is 0 Å². The van der Waals surface area contributed by atoms with Crippen LogP contribution in [0.2, 0.25) is 0 Å². The first-order valence-corrected chi connectivity index (χ1v) is 10.4. The summed E-state index contributed by atoms with van der Waals surface area (Å²) in [5.41, 5.74) is 3.03. The summed E-state index contributed by atoms with van der Waals surface area (Å²) in [6.07, 6.45) is 0.426. The van der Waals surface area contributed by atoms with Gasteiger partial charge in [-0.2, -0.15) is 0 Å². The summed E-state index contributed by atoms with van der Waals surface area (Å²) >= 11 is 1.00. The molecule has 0 saturated carbocycles. The van der Waals surface area contributed by atoms with Crippen LogP contribution in [0.15, 0.2) is 83.7 Å². The second kappa shape index (κ2) is 9.33. The van der Waals surface area contributed by atoms with E-state index in [1.165, 1.54) is 0 Å². The number of ether oxygens (including phenoxy) is 2. The van der Waals surface area contributed by atoms with Crippen LogP contribution in [0.1, 0.15) is 21.6 Å². The first-order chi connectivity index (χ1) is 14.7. The summed E-state index contributed by atoms with van der Waals surface area (Å²) in [6, 6.07) is 25.5. The molecule has 3 aromatic carbocycles. The summed E-state index contributed by atoms with van der Waals surface area (Å²) in [5.74, 6) is 1.18. The molecule has 30 heavy (non-hydrogen) atoms. The molecular weight excluding hydrogens is 398 g/mol. The maximum absolute atomic E-state index is 11.5. The van der Waals surface area contributed by atoms with Gasteiger partial charge in [-0.1, -0.05) is 78.1 Å². The van der Waals surface area contributed by atoms with Gasteiger partial charge in [0.15, 0.2) is 11.5 Å². The Morgan fingerprint density at radius 2 is 1.37 bits per heavy atom. The number of aromatic nitrogens is 1. The molecule has 0 unspecified atom stereocenters. The molecule has 0 aliphatic rings. The van der Waals surface area contributed by atoms with E-state index in [1.54, 1.807) is 0 Å². The Kier molecular flexibility index (Phi) is 6.15. The van der Waals surface area contributed by atoms with Gasteiger partial charge in [0, 0.05) is 6.42 Å². The Hall–Kier alpha value is -3.51. The van der Waals surface area contributed by atoms with Crippen LogP contribution < -0.4 is 14.3 Å². The van der Waals surface area contributed by atoms with Crippen LogP contribution >= 0.6 is 11.3 Å². The summed E-state index contributed by atoms with van der Waals surface area (Å²) in [6.45, 7) is 0.844. The van der Waals surface area contributed by atoms with Gasteiger partial charge in [-0.3, -0.25) is 9.78 Å². The van der Waals surface area contributed by atoms with Crippen molar-refractivity contribution in [3.05, 3.63) is 110 Å². The number of benzene rings is 3. The van der Waals surface area contributed by atoms with Crippen LogP contribution in [0.25, 0.3) is 0 Å². The van der Waals surface area contributed by atoms with Crippen molar-refractivity contribution >= 4 is 11.3 Å². The van der Waals surface area contributed by atoms with E-state index in [4.69, 9.17) is 9.47 Å². The fourth-order valence-corrected chi connectivity index (χ4v) is 3.78. The smallest absolute Gasteiger partial charge is 0.307 e. The molecule has 2 N–H and O–H groups in total. The Morgan fingerprint density at radius 1 is 0.767 bits per heavy atom. The summed E-state index contributed by atoms with van der Waals surface area (Å²) < 4.78 is 12.1. The van der Waals surface area contributed by atoms with Crippen molar-refractivity contribution in [2.45, 2.75) is 19.6 Å². The predicted molar refractivity (Wildman–Crippen MR) is 117 cm³/mol. The molecule has 0 radical (unpaired) electrons. The van der Waals surface area contributed by atoms with E-state index >= 15 is 0 Å². The van der Waals surface area contributed by atoms with Gasteiger partial charge in [-0.05, 0) is 28.8 Å². The molecular formula is C24H21NO4S. The molecule has 4 aromatic rings. The van der Waals surface area contributed by atoms with Gasteiger partial charge in [-0.15, -0.1) is 0 Å². The molecule has 6 heteroatoms. The molecule has 0 saturated heterocycles. The minimum atomic E-state index is -0.272. The number of aromatic amines is 1. The lowest BCUT2D eigenvalue weighted by Crippen LogP contribution is -2.01. The van der Waals surface area contributed by atoms with Gasteiger partial charge < -0.3 is 14.6 Å². The van der Waals surface area contributed by atoms with Gasteiger partial charge in [0.25, 0.3) is 0 Å². The number of thiazole rings is 1. The number of hydrogen-bond acceptors (Lipinski definition) is 5. The maximum Gasteiger partial charge on any atom is 0.307 e. The Balaban J connectivity index is 1.55. The lowest BCUT2D eigenvalue weighted by Gasteiger charge is -2.14. The fraction of sp³-hybridized carbons (Fsp3) is 0.125. The fourth-order valence-electron chi connectivity index (χ4n) is 3.02. The molecule has 152 valence electrons. The zero-order valence-electron chi connectivity index (χ0n) is 16.2. The minimum absolute atomic E-state index is 0.0823. The van der Waals surface area contributed by atoms with Crippen molar-refractivity contribution in [3.8, 4) is 17.4 Å². The average Bonchev–Trinajstić information content (AvgIpc) is 3.09. The maximum atomic E-state index is 11.5. The van der Waals surface area contributed by atoms with Crippen molar-refractivity contribution in [3.63, 3.8) is 0 Å². The molecule has 0 atom stereocenters. The van der Waals surface area contributed by atoms with Gasteiger partial charge >= 0.3 is 4.87 Å². The highest BCUT2D eigenvalue weighted by Crippen LogP contribution is 2.32. The highest BCUT2D eigenvalue weighted by molar-refractivity contribution is 7.09. The van der Waals surface area contributed by atoms with E-state index in [-0.39, 0.29) is 10.8 Å². The van der Waals surface area contributed by atoms with Crippen molar-refractivity contribution in [2.24, 2.45) is 0 Å². The van der Waals surface area contributed by atoms with E-state index in [9.17, 15) is 9.90 Å². The van der Waals surface area contributed by atoms with E-state index in [0.717, 1.165) is 28.0 Å². The average molecular weight is 420 g/mol.